The van der Waals surface area contributed by atoms with Crippen molar-refractivity contribution in [3.8, 4) is 5.75 Å². The second-order valence-corrected chi connectivity index (χ2v) is 8.90. The van der Waals surface area contributed by atoms with Crippen molar-refractivity contribution in [1.82, 2.24) is 19.3 Å². The van der Waals surface area contributed by atoms with E-state index in [4.69, 9.17) is 21.3 Å². The lowest BCUT2D eigenvalue weighted by Gasteiger charge is -2.13. The second kappa shape index (κ2) is 10.3. The summed E-state index contributed by atoms with van der Waals surface area (Å²) in [4.78, 5) is 30.9. The molecular formula is C24H24ClN5O3S. The number of benzene rings is 2. The number of para-hydroxylation sites is 1. The van der Waals surface area contributed by atoms with Crippen molar-refractivity contribution in [2.24, 2.45) is 0 Å². The van der Waals surface area contributed by atoms with Crippen LogP contribution in [0.5, 0.6) is 5.75 Å². The van der Waals surface area contributed by atoms with E-state index in [-0.39, 0.29) is 23.8 Å². The summed E-state index contributed by atoms with van der Waals surface area (Å²) in [5.74, 6) is 0.506. The van der Waals surface area contributed by atoms with Crippen LogP contribution in [0.15, 0.2) is 58.5 Å². The van der Waals surface area contributed by atoms with Crippen LogP contribution in [0.4, 0.5) is 5.69 Å². The largest absolute Gasteiger partial charge is 0.497 e. The Morgan fingerprint density at radius 3 is 2.74 bits per heavy atom. The molecule has 0 radical (unpaired) electrons. The molecule has 4 rings (SSSR count). The van der Waals surface area contributed by atoms with Crippen molar-refractivity contribution in [2.75, 3.05) is 18.2 Å². The molecule has 2 aromatic heterocycles. The number of ether oxygens (including phenoxy) is 1. The SMILES string of the molecule is CCn1nc(C)c2nc(SCC(=O)Nc3ccccc3Cl)n(Cc3cccc(OC)c3)c(=O)c21. The maximum Gasteiger partial charge on any atom is 0.280 e. The molecular weight excluding hydrogens is 474 g/mol. The fourth-order valence-electron chi connectivity index (χ4n) is 3.60. The highest BCUT2D eigenvalue weighted by Gasteiger charge is 2.19. The van der Waals surface area contributed by atoms with Gasteiger partial charge < -0.3 is 10.1 Å². The number of nitrogens with zero attached hydrogens (tertiary/aromatic N) is 4. The van der Waals surface area contributed by atoms with E-state index in [9.17, 15) is 9.59 Å². The van der Waals surface area contributed by atoms with Crippen LogP contribution in [0.25, 0.3) is 11.0 Å². The summed E-state index contributed by atoms with van der Waals surface area (Å²) in [7, 11) is 1.60. The number of methoxy groups -OCH3 is 1. The van der Waals surface area contributed by atoms with E-state index in [1.54, 1.807) is 40.6 Å². The fraction of sp³-hybridized carbons (Fsp3) is 0.250. The number of fused-ring (bicyclic) bond motifs is 1. The summed E-state index contributed by atoms with van der Waals surface area (Å²) in [6.45, 7) is 4.58. The Hall–Kier alpha value is -3.30. The van der Waals surface area contributed by atoms with E-state index in [2.05, 4.69) is 10.4 Å². The minimum atomic E-state index is -0.249. The van der Waals surface area contributed by atoms with Crippen molar-refractivity contribution in [2.45, 2.75) is 32.1 Å². The summed E-state index contributed by atoms with van der Waals surface area (Å²) >= 11 is 7.34. The summed E-state index contributed by atoms with van der Waals surface area (Å²) in [5, 5.41) is 8.16. The standard InChI is InChI=1S/C24H24ClN5O3S/c1-4-30-22-21(15(2)28-30)27-24(34-14-20(31)26-19-11-6-5-10-18(19)25)29(23(22)32)13-16-8-7-9-17(12-16)33-3/h5-12H,4,13-14H2,1-3H3,(H,26,31). The maximum absolute atomic E-state index is 13.6. The zero-order chi connectivity index (χ0) is 24.2. The van der Waals surface area contributed by atoms with Crippen molar-refractivity contribution in [1.29, 1.82) is 0 Å². The Kier molecular flexibility index (Phi) is 7.23. The van der Waals surface area contributed by atoms with Gasteiger partial charge in [-0.05, 0) is 43.7 Å². The molecule has 34 heavy (non-hydrogen) atoms. The summed E-state index contributed by atoms with van der Waals surface area (Å²) in [6, 6.07) is 14.5. The summed E-state index contributed by atoms with van der Waals surface area (Å²) in [5.41, 5.74) is 2.88. The minimum absolute atomic E-state index is 0.0578. The van der Waals surface area contributed by atoms with Gasteiger partial charge in [-0.3, -0.25) is 18.8 Å². The Bertz CT molecular complexity index is 1420. The van der Waals surface area contributed by atoms with Gasteiger partial charge in [-0.1, -0.05) is 47.6 Å². The first-order chi connectivity index (χ1) is 16.4. The van der Waals surface area contributed by atoms with E-state index >= 15 is 0 Å². The number of aromatic nitrogens is 4. The minimum Gasteiger partial charge on any atom is -0.497 e. The summed E-state index contributed by atoms with van der Waals surface area (Å²) < 4.78 is 8.57. The molecule has 176 valence electrons. The first-order valence-corrected chi connectivity index (χ1v) is 12.1. The number of thioether (sulfide) groups is 1. The highest BCUT2D eigenvalue weighted by molar-refractivity contribution is 7.99. The molecule has 0 fully saturated rings. The van der Waals surface area contributed by atoms with Crippen molar-refractivity contribution in [3.05, 3.63) is 75.2 Å². The number of nitrogens with one attached hydrogen (secondary N) is 1. The van der Waals surface area contributed by atoms with Crippen LogP contribution in [0.1, 0.15) is 18.2 Å². The molecule has 10 heteroatoms. The molecule has 0 spiro atoms. The molecule has 0 saturated carbocycles. The van der Waals surface area contributed by atoms with Gasteiger partial charge >= 0.3 is 0 Å². The second-order valence-electron chi connectivity index (χ2n) is 7.55. The molecule has 0 unspecified atom stereocenters. The molecule has 1 amide bonds. The van der Waals surface area contributed by atoms with Crippen LogP contribution in [0, 0.1) is 6.92 Å². The molecule has 0 aliphatic rings. The third-order valence-corrected chi connectivity index (χ3v) is 6.54. The Balaban J connectivity index is 1.69. The molecule has 2 aromatic carbocycles. The lowest BCUT2D eigenvalue weighted by Crippen LogP contribution is -2.26. The number of rotatable bonds is 8. The van der Waals surface area contributed by atoms with Gasteiger partial charge in [-0.15, -0.1) is 0 Å². The van der Waals surface area contributed by atoms with Gasteiger partial charge in [0.1, 0.15) is 11.3 Å². The van der Waals surface area contributed by atoms with E-state index in [1.165, 1.54) is 11.8 Å². The van der Waals surface area contributed by atoms with Crippen LogP contribution >= 0.6 is 23.4 Å². The Labute approximate surface area is 205 Å². The van der Waals surface area contributed by atoms with Gasteiger partial charge in [-0.2, -0.15) is 5.10 Å². The maximum atomic E-state index is 13.6. The molecule has 0 atom stereocenters. The van der Waals surface area contributed by atoms with Crippen LogP contribution in [-0.4, -0.2) is 38.1 Å². The monoisotopic (exact) mass is 497 g/mol. The highest BCUT2D eigenvalue weighted by Crippen LogP contribution is 2.24. The molecule has 2 heterocycles. The van der Waals surface area contributed by atoms with Crippen molar-refractivity contribution >= 4 is 46.0 Å². The number of carbonyl (C=O) groups is 1. The van der Waals surface area contributed by atoms with E-state index in [0.29, 0.717) is 44.9 Å². The molecule has 0 aliphatic carbocycles. The number of anilines is 1. The zero-order valence-electron chi connectivity index (χ0n) is 19.0. The smallest absolute Gasteiger partial charge is 0.280 e. The Morgan fingerprint density at radius 2 is 2.00 bits per heavy atom. The van der Waals surface area contributed by atoms with Gasteiger partial charge in [0, 0.05) is 6.54 Å². The fourth-order valence-corrected chi connectivity index (χ4v) is 4.57. The van der Waals surface area contributed by atoms with E-state index in [0.717, 1.165) is 5.56 Å². The quantitative estimate of drug-likeness (QED) is 0.287. The van der Waals surface area contributed by atoms with Crippen molar-refractivity contribution < 1.29 is 9.53 Å². The number of carbonyl (C=O) groups excluding carboxylic acids is 1. The third-order valence-electron chi connectivity index (χ3n) is 5.24. The molecule has 0 aliphatic heterocycles. The lowest BCUT2D eigenvalue weighted by atomic mass is 10.2. The van der Waals surface area contributed by atoms with Crippen LogP contribution in [0.3, 0.4) is 0 Å². The van der Waals surface area contributed by atoms with Gasteiger partial charge in [0.15, 0.2) is 10.7 Å². The van der Waals surface area contributed by atoms with Gasteiger partial charge in [0.05, 0.1) is 35.8 Å². The highest BCUT2D eigenvalue weighted by atomic mass is 35.5. The number of aryl methyl sites for hydroxylation is 2. The van der Waals surface area contributed by atoms with Crippen molar-refractivity contribution in [3.63, 3.8) is 0 Å². The molecule has 0 bridgehead atoms. The molecule has 8 nitrogen and oxygen atoms in total. The van der Waals surface area contributed by atoms with E-state index < -0.39 is 0 Å². The van der Waals surface area contributed by atoms with Gasteiger partial charge in [0.25, 0.3) is 5.56 Å². The normalized spacial score (nSPS) is 11.1. The average molecular weight is 498 g/mol. The third kappa shape index (κ3) is 4.95. The first-order valence-electron chi connectivity index (χ1n) is 10.7. The number of halogens is 1. The number of hydrogen-bond donors (Lipinski definition) is 1. The van der Waals surface area contributed by atoms with Gasteiger partial charge in [-0.25, -0.2) is 4.98 Å². The molecule has 4 aromatic rings. The topological polar surface area (TPSA) is 91.0 Å². The summed E-state index contributed by atoms with van der Waals surface area (Å²) in [6.07, 6.45) is 0. The lowest BCUT2D eigenvalue weighted by molar-refractivity contribution is -0.113. The van der Waals surface area contributed by atoms with Crippen LogP contribution in [-0.2, 0) is 17.9 Å². The molecule has 1 N–H and O–H groups in total. The number of amides is 1. The average Bonchev–Trinajstić information content (AvgIpc) is 3.17. The first kappa shape index (κ1) is 23.8. The zero-order valence-corrected chi connectivity index (χ0v) is 20.6. The van der Waals surface area contributed by atoms with Crippen LogP contribution < -0.4 is 15.6 Å². The Morgan fingerprint density at radius 1 is 1.21 bits per heavy atom. The van der Waals surface area contributed by atoms with Crippen LogP contribution in [0.2, 0.25) is 5.02 Å². The van der Waals surface area contributed by atoms with Gasteiger partial charge in [0.2, 0.25) is 5.91 Å². The van der Waals surface area contributed by atoms with E-state index in [1.807, 2.05) is 38.1 Å². The molecule has 0 saturated heterocycles. The predicted octanol–water partition coefficient (Wildman–Crippen LogP) is 4.36. The predicted molar refractivity (Wildman–Crippen MR) is 135 cm³/mol. The number of hydrogen-bond acceptors (Lipinski definition) is 6.